The molecule has 36 heavy (non-hydrogen) atoms. The Morgan fingerprint density at radius 2 is 1.56 bits per heavy atom. The molecule has 0 aliphatic carbocycles. The first-order valence-electron chi connectivity index (χ1n) is 13.7. The van der Waals surface area contributed by atoms with E-state index in [9.17, 15) is 24.6 Å². The van der Waals surface area contributed by atoms with Crippen LogP contribution in [0, 0.1) is 0 Å². The second-order valence-electron chi connectivity index (χ2n) is 9.66. The number of hydrogen-bond donors (Lipinski definition) is 4. The molecular weight excluding hydrogens is 466 g/mol. The summed E-state index contributed by atoms with van der Waals surface area (Å²) < 4.78 is 11.8. The van der Waals surface area contributed by atoms with Gasteiger partial charge in [-0.2, -0.15) is 0 Å². The number of rotatable bonds is 18. The van der Waals surface area contributed by atoms with Crippen molar-refractivity contribution < 1.29 is 24.5 Å². The van der Waals surface area contributed by atoms with E-state index in [1.165, 1.54) is 76.8 Å². The molecule has 0 spiro atoms. The molecule has 1 aromatic heterocycles. The minimum atomic E-state index is -1.26. The zero-order chi connectivity index (χ0) is 26.2. The van der Waals surface area contributed by atoms with Gasteiger partial charge in [0.05, 0.1) is 13.2 Å². The van der Waals surface area contributed by atoms with Gasteiger partial charge in [-0.05, 0) is 6.42 Å². The molecule has 0 radical (unpaired) electrons. The normalized spacial score (nSPS) is 21.5. The fourth-order valence-electron chi connectivity index (χ4n) is 4.56. The van der Waals surface area contributed by atoms with Gasteiger partial charge in [-0.25, -0.2) is 9.59 Å². The minimum absolute atomic E-state index is 0.250. The second kappa shape index (κ2) is 17.3. The number of unbranched alkanes of at least 4 members (excludes halogenated alkanes) is 13. The monoisotopic (exact) mass is 511 g/mol. The Bertz CT molecular complexity index is 856. The van der Waals surface area contributed by atoms with E-state index >= 15 is 0 Å². The zero-order valence-corrected chi connectivity index (χ0v) is 21.7. The topological polar surface area (TPSA) is 143 Å². The largest absolute Gasteiger partial charge is 0.450 e. The highest BCUT2D eigenvalue weighted by atomic mass is 16.6. The molecule has 4 N–H and O–H groups in total. The number of alkyl carbamates (subject to hydrolysis) is 1. The molecule has 0 unspecified atom stereocenters. The molecule has 1 amide bonds. The number of carbonyl (C=O) groups excluding carboxylic acids is 1. The number of nitrogens with one attached hydrogen (secondary N) is 2. The van der Waals surface area contributed by atoms with Gasteiger partial charge in [-0.3, -0.25) is 14.3 Å². The number of aliphatic hydroxyl groups excluding tert-OH is 2. The molecule has 0 saturated carbocycles. The first-order chi connectivity index (χ1) is 17.5. The van der Waals surface area contributed by atoms with Gasteiger partial charge in [-0.1, -0.05) is 90.4 Å². The smallest absolute Gasteiger partial charge is 0.407 e. The third-order valence-electron chi connectivity index (χ3n) is 6.69. The first-order valence-corrected chi connectivity index (χ1v) is 13.7. The lowest BCUT2D eigenvalue weighted by atomic mass is 10.0. The lowest BCUT2D eigenvalue weighted by molar-refractivity contribution is -0.0469. The van der Waals surface area contributed by atoms with Gasteiger partial charge in [0.1, 0.15) is 18.2 Å². The van der Waals surface area contributed by atoms with Crippen molar-refractivity contribution in [3.8, 4) is 0 Å². The molecule has 0 bridgehead atoms. The molecule has 10 nitrogen and oxygen atoms in total. The summed E-state index contributed by atoms with van der Waals surface area (Å²) in [6.07, 6.45) is 14.5. The number of aromatic nitrogens is 2. The highest BCUT2D eigenvalue weighted by Crippen LogP contribution is 2.28. The quantitative estimate of drug-likeness (QED) is 0.221. The predicted octanol–water partition coefficient (Wildman–Crippen LogP) is 3.36. The summed E-state index contributed by atoms with van der Waals surface area (Å²) in [5.74, 6) is 0. The van der Waals surface area contributed by atoms with Crippen LogP contribution in [0.1, 0.15) is 103 Å². The molecule has 1 saturated heterocycles. The van der Waals surface area contributed by atoms with Crippen molar-refractivity contribution in [2.75, 3.05) is 13.2 Å². The average molecular weight is 512 g/mol. The number of ether oxygens (including phenoxy) is 2. The maximum atomic E-state index is 12.3. The predicted molar refractivity (Wildman–Crippen MR) is 137 cm³/mol. The van der Waals surface area contributed by atoms with Gasteiger partial charge < -0.3 is 25.0 Å². The Balaban J connectivity index is 1.58. The van der Waals surface area contributed by atoms with E-state index < -0.39 is 48.4 Å². The first kappa shape index (κ1) is 30.1. The molecule has 1 aliphatic rings. The van der Waals surface area contributed by atoms with Crippen LogP contribution in [0.15, 0.2) is 21.9 Å². The molecule has 1 aromatic rings. The van der Waals surface area contributed by atoms with Crippen LogP contribution in [0.4, 0.5) is 4.79 Å². The second-order valence-corrected chi connectivity index (χ2v) is 9.66. The maximum absolute atomic E-state index is 12.3. The Morgan fingerprint density at radius 1 is 1.00 bits per heavy atom. The summed E-state index contributed by atoms with van der Waals surface area (Å²) in [7, 11) is 0. The third-order valence-corrected chi connectivity index (χ3v) is 6.69. The molecule has 10 heteroatoms. The van der Waals surface area contributed by atoms with Gasteiger partial charge in [-0.15, -0.1) is 0 Å². The fraction of sp³-hybridized carbons (Fsp3) is 0.808. The van der Waals surface area contributed by atoms with Crippen molar-refractivity contribution in [1.82, 2.24) is 14.9 Å². The number of aromatic amines is 1. The fourth-order valence-corrected chi connectivity index (χ4v) is 4.56. The van der Waals surface area contributed by atoms with E-state index in [0.29, 0.717) is 0 Å². The van der Waals surface area contributed by atoms with Crippen LogP contribution in [-0.4, -0.2) is 57.3 Å². The molecule has 1 aliphatic heterocycles. The van der Waals surface area contributed by atoms with Crippen LogP contribution in [0.25, 0.3) is 0 Å². The molecular formula is C26H45N3O7. The molecule has 2 rings (SSSR count). The van der Waals surface area contributed by atoms with Crippen molar-refractivity contribution >= 4 is 6.09 Å². The van der Waals surface area contributed by atoms with Crippen LogP contribution in [0.2, 0.25) is 0 Å². The van der Waals surface area contributed by atoms with Gasteiger partial charge in [0.2, 0.25) is 0 Å². The Labute approximate surface area is 213 Å². The Hall–Kier alpha value is -2.17. The molecule has 1 fully saturated rings. The van der Waals surface area contributed by atoms with Crippen molar-refractivity contribution in [2.45, 2.75) is 121 Å². The molecule has 4 atom stereocenters. The van der Waals surface area contributed by atoms with E-state index in [1.54, 1.807) is 0 Å². The van der Waals surface area contributed by atoms with E-state index in [0.717, 1.165) is 29.9 Å². The number of hydrogen-bond acceptors (Lipinski definition) is 7. The van der Waals surface area contributed by atoms with Gasteiger partial charge in [0.25, 0.3) is 5.56 Å². The molecule has 0 aromatic carbocycles. The lowest BCUT2D eigenvalue weighted by Crippen LogP contribution is -2.48. The number of nitrogens with zero attached hydrogens (tertiary/aromatic N) is 1. The van der Waals surface area contributed by atoms with Crippen LogP contribution in [-0.2, 0) is 9.47 Å². The summed E-state index contributed by atoms with van der Waals surface area (Å²) in [5.41, 5.74) is -1.33. The van der Waals surface area contributed by atoms with Crippen LogP contribution in [0.5, 0.6) is 0 Å². The Morgan fingerprint density at radius 3 is 2.08 bits per heavy atom. The lowest BCUT2D eigenvalue weighted by Gasteiger charge is -2.22. The summed E-state index contributed by atoms with van der Waals surface area (Å²) in [5, 5.41) is 22.4. The number of carbonyl (C=O) groups is 1. The van der Waals surface area contributed by atoms with Crippen LogP contribution < -0.4 is 16.6 Å². The maximum Gasteiger partial charge on any atom is 0.407 e. The highest BCUT2D eigenvalue weighted by Gasteiger charge is 2.45. The van der Waals surface area contributed by atoms with Crippen molar-refractivity contribution in [2.24, 2.45) is 0 Å². The average Bonchev–Trinajstić information content (AvgIpc) is 3.16. The van der Waals surface area contributed by atoms with E-state index in [2.05, 4.69) is 17.2 Å². The summed E-state index contributed by atoms with van der Waals surface area (Å²) >= 11 is 0. The Kier molecular flexibility index (Phi) is 14.5. The summed E-state index contributed by atoms with van der Waals surface area (Å²) in [6.45, 7) is 2.00. The van der Waals surface area contributed by atoms with Crippen LogP contribution >= 0.6 is 0 Å². The zero-order valence-electron chi connectivity index (χ0n) is 21.7. The van der Waals surface area contributed by atoms with Gasteiger partial charge >= 0.3 is 11.8 Å². The van der Waals surface area contributed by atoms with Crippen molar-refractivity contribution in [3.05, 3.63) is 33.1 Å². The number of H-pyrrole nitrogens is 1. The minimum Gasteiger partial charge on any atom is -0.450 e. The molecule has 206 valence electrons. The number of amides is 1. The van der Waals surface area contributed by atoms with E-state index in [1.807, 2.05) is 0 Å². The summed E-state index contributed by atoms with van der Waals surface area (Å²) in [4.78, 5) is 37.8. The van der Waals surface area contributed by atoms with E-state index in [4.69, 9.17) is 9.47 Å². The summed E-state index contributed by atoms with van der Waals surface area (Å²) in [6, 6.07) is 0.101. The standard InChI is InChI=1S/C26H45N3O7/c1-2-3-4-5-6-7-8-9-10-11-12-13-14-15-18-35-26(34)28-22-23(32)20(19-30)36-24(22)29-17-16-21(31)27-25(29)33/h16-17,20,22-24,30,32H,2-15,18-19H2,1H3,(H,28,34)(H,27,31,33)/t20-,22-,23-,24-/m1/s1. The van der Waals surface area contributed by atoms with Crippen molar-refractivity contribution in [1.29, 1.82) is 0 Å². The van der Waals surface area contributed by atoms with Gasteiger partial charge in [0.15, 0.2) is 6.23 Å². The number of aliphatic hydroxyl groups is 2. The SMILES string of the molecule is CCCCCCCCCCCCCCCCOC(=O)N[C@@H]1[C@H](O)[C@@H](CO)O[C@H]1n1ccc(=O)[nH]c1=O. The van der Waals surface area contributed by atoms with Crippen molar-refractivity contribution in [3.63, 3.8) is 0 Å². The van der Waals surface area contributed by atoms with Gasteiger partial charge in [0, 0.05) is 12.3 Å². The van der Waals surface area contributed by atoms with Crippen LogP contribution in [0.3, 0.4) is 0 Å². The highest BCUT2D eigenvalue weighted by molar-refractivity contribution is 5.67. The third kappa shape index (κ3) is 10.4. The molecule has 2 heterocycles. The van der Waals surface area contributed by atoms with E-state index in [-0.39, 0.29) is 6.61 Å².